The number of hydrogen-bond donors (Lipinski definition) is 1. The molecule has 230 valence electrons. The molecule has 2 atom stereocenters. The van der Waals surface area contributed by atoms with E-state index < -0.39 is 40.9 Å². The van der Waals surface area contributed by atoms with Gasteiger partial charge in [-0.15, -0.1) is 0 Å². The third kappa shape index (κ3) is 4.56. The Morgan fingerprint density at radius 2 is 1.77 bits per heavy atom. The molecule has 0 bridgehead atoms. The third-order valence-corrected chi connectivity index (χ3v) is 10.1. The van der Waals surface area contributed by atoms with Crippen LogP contribution in [0.15, 0.2) is 42.5 Å². The summed E-state index contributed by atoms with van der Waals surface area (Å²) in [5.41, 5.74) is 6.54. The number of likely N-dealkylation sites (tertiary alicyclic amines) is 1. The molecule has 6 nitrogen and oxygen atoms in total. The number of carbonyl (C=O) groups is 2. The molecule has 7 rings (SSSR count). The van der Waals surface area contributed by atoms with Crippen molar-refractivity contribution in [3.05, 3.63) is 86.9 Å². The van der Waals surface area contributed by atoms with Gasteiger partial charge in [0.2, 0.25) is 5.91 Å². The predicted octanol–water partition coefficient (Wildman–Crippen LogP) is 7.49. The van der Waals surface area contributed by atoms with Crippen LogP contribution in [0.5, 0.6) is 5.75 Å². The second kappa shape index (κ2) is 9.93. The van der Waals surface area contributed by atoms with Gasteiger partial charge >= 0.3 is 6.09 Å². The number of fused-ring (bicyclic) bond motifs is 2. The minimum Gasteiger partial charge on any atom is -0.480 e. The number of primary amides is 1. The van der Waals surface area contributed by atoms with Crippen LogP contribution in [0.25, 0.3) is 11.1 Å². The summed E-state index contributed by atoms with van der Waals surface area (Å²) in [6.45, 7) is 5.90. The van der Waals surface area contributed by atoms with E-state index in [1.54, 1.807) is 11.0 Å². The fourth-order valence-corrected chi connectivity index (χ4v) is 7.88. The summed E-state index contributed by atoms with van der Waals surface area (Å²) in [5, 5.41) is -0.299. The van der Waals surface area contributed by atoms with Gasteiger partial charge in [-0.1, -0.05) is 41.9 Å². The molecule has 2 aliphatic heterocycles. The molecule has 0 unspecified atom stereocenters. The summed E-state index contributed by atoms with van der Waals surface area (Å²) in [7, 11) is 0. The Morgan fingerprint density at radius 3 is 2.43 bits per heavy atom. The highest BCUT2D eigenvalue weighted by Gasteiger charge is 2.55. The molecule has 1 saturated carbocycles. The Labute approximate surface area is 260 Å². The molecule has 2 amide bonds. The Balaban J connectivity index is 1.41. The van der Waals surface area contributed by atoms with Crippen LogP contribution in [0.1, 0.15) is 79.1 Å². The second-order valence-electron chi connectivity index (χ2n) is 13.9. The van der Waals surface area contributed by atoms with Crippen LogP contribution in [-0.2, 0) is 29.6 Å². The Hall–Kier alpha value is -3.65. The SMILES string of the molecule is CC(C)(C)OC(=O)N1CCC[C@H]1[C@@]1(c2ccccc2)Cc2c(cc(F)c(Cl)c2-c2c(C(N)=O)cc3c(c2F)CC2(CC2)C3)O1. The van der Waals surface area contributed by atoms with E-state index in [2.05, 4.69) is 0 Å². The summed E-state index contributed by atoms with van der Waals surface area (Å²) in [5.74, 6) is -2.00. The molecule has 1 spiro atoms. The van der Waals surface area contributed by atoms with Gasteiger partial charge in [0.05, 0.1) is 16.6 Å². The van der Waals surface area contributed by atoms with Crippen molar-refractivity contribution in [3.63, 3.8) is 0 Å². The summed E-state index contributed by atoms with van der Waals surface area (Å²) in [6.07, 6.45) is 4.27. The lowest BCUT2D eigenvalue weighted by atomic mass is 9.79. The summed E-state index contributed by atoms with van der Waals surface area (Å²) >= 11 is 6.70. The second-order valence-corrected chi connectivity index (χ2v) is 14.2. The molecule has 4 aliphatic rings. The van der Waals surface area contributed by atoms with Gasteiger partial charge in [0, 0.05) is 35.7 Å². The Bertz CT molecular complexity index is 1720. The number of rotatable bonds is 4. The molecular weight excluding hydrogens is 586 g/mol. The molecule has 3 aromatic carbocycles. The zero-order valence-electron chi connectivity index (χ0n) is 25.1. The van der Waals surface area contributed by atoms with Gasteiger partial charge in [0.15, 0.2) is 5.60 Å². The molecule has 9 heteroatoms. The van der Waals surface area contributed by atoms with Gasteiger partial charge in [-0.05, 0) is 87.5 Å². The first kappa shape index (κ1) is 29.1. The van der Waals surface area contributed by atoms with E-state index >= 15 is 8.78 Å². The van der Waals surface area contributed by atoms with Crippen molar-refractivity contribution in [3.8, 4) is 16.9 Å². The van der Waals surface area contributed by atoms with Gasteiger partial charge in [0.1, 0.15) is 23.0 Å². The number of ether oxygens (including phenoxy) is 2. The standard InChI is InChI=1S/C35H35ClF2N2O4/c1-33(2,3)44-32(42)40-13-7-10-26(40)35(20-8-5-4-6-9-20)18-23-25(43-35)15-24(37)29(36)27(23)28-21(31(39)41)14-19-16-34(11-12-34)17-22(19)30(28)38/h4-6,8-9,14-15,26H,7,10-13,16-18H2,1-3H3,(H2,39,41)/t26-,35-/m0/s1. The van der Waals surface area contributed by atoms with E-state index in [0.29, 0.717) is 43.4 Å². The van der Waals surface area contributed by atoms with E-state index in [1.165, 1.54) is 6.07 Å². The molecule has 1 saturated heterocycles. The summed E-state index contributed by atoms with van der Waals surface area (Å²) < 4.78 is 44.9. The van der Waals surface area contributed by atoms with Crippen molar-refractivity contribution in [2.45, 2.75) is 83.0 Å². The van der Waals surface area contributed by atoms with Gasteiger partial charge in [-0.2, -0.15) is 0 Å². The highest BCUT2D eigenvalue weighted by atomic mass is 35.5. The molecule has 2 N–H and O–H groups in total. The van der Waals surface area contributed by atoms with Crippen molar-refractivity contribution >= 4 is 23.6 Å². The number of amides is 2. The number of nitrogens with two attached hydrogens (primary N) is 1. The van der Waals surface area contributed by atoms with Crippen LogP contribution >= 0.6 is 11.6 Å². The van der Waals surface area contributed by atoms with Crippen molar-refractivity contribution < 1.29 is 27.8 Å². The fraction of sp³-hybridized carbons (Fsp3) is 0.429. The highest BCUT2D eigenvalue weighted by molar-refractivity contribution is 6.34. The maximum atomic E-state index is 16.7. The average molecular weight is 621 g/mol. The number of hydrogen-bond acceptors (Lipinski definition) is 4. The Kier molecular flexibility index (Phi) is 6.56. The minimum absolute atomic E-state index is 0.0258. The normalized spacial score (nSPS) is 23.0. The number of benzene rings is 3. The predicted molar refractivity (Wildman–Crippen MR) is 163 cm³/mol. The van der Waals surface area contributed by atoms with Gasteiger partial charge in [-0.3, -0.25) is 4.79 Å². The minimum atomic E-state index is -1.15. The lowest BCUT2D eigenvalue weighted by molar-refractivity contribution is -0.0216. The smallest absolute Gasteiger partial charge is 0.410 e. The van der Waals surface area contributed by atoms with Crippen LogP contribution < -0.4 is 10.5 Å². The fourth-order valence-electron chi connectivity index (χ4n) is 7.62. The third-order valence-electron chi connectivity index (χ3n) is 9.75. The zero-order chi connectivity index (χ0) is 31.2. The number of halogens is 3. The van der Waals surface area contributed by atoms with Crippen LogP contribution in [0.4, 0.5) is 13.6 Å². The average Bonchev–Trinajstić information content (AvgIpc) is 3.29. The first-order valence-corrected chi connectivity index (χ1v) is 15.6. The Morgan fingerprint density at radius 1 is 1.05 bits per heavy atom. The molecule has 3 aromatic rings. The van der Waals surface area contributed by atoms with Crippen LogP contribution in [0.2, 0.25) is 5.02 Å². The zero-order valence-corrected chi connectivity index (χ0v) is 25.8. The molecule has 2 fully saturated rings. The highest BCUT2D eigenvalue weighted by Crippen LogP contribution is 2.58. The van der Waals surface area contributed by atoms with E-state index in [4.69, 9.17) is 26.8 Å². The van der Waals surface area contributed by atoms with Crippen molar-refractivity contribution in [1.82, 2.24) is 4.90 Å². The van der Waals surface area contributed by atoms with Gasteiger partial charge in [-0.25, -0.2) is 13.6 Å². The van der Waals surface area contributed by atoms with E-state index in [1.807, 2.05) is 51.1 Å². The lowest BCUT2D eigenvalue weighted by Crippen LogP contribution is -2.53. The summed E-state index contributed by atoms with van der Waals surface area (Å²) in [4.78, 5) is 28.0. The van der Waals surface area contributed by atoms with E-state index in [9.17, 15) is 9.59 Å². The van der Waals surface area contributed by atoms with Crippen molar-refractivity contribution in [2.75, 3.05) is 6.54 Å². The molecule has 0 aromatic heterocycles. The van der Waals surface area contributed by atoms with Gasteiger partial charge < -0.3 is 20.1 Å². The van der Waals surface area contributed by atoms with E-state index in [0.717, 1.165) is 24.0 Å². The van der Waals surface area contributed by atoms with Crippen molar-refractivity contribution in [1.29, 1.82) is 0 Å². The quantitative estimate of drug-likeness (QED) is 0.328. The first-order chi connectivity index (χ1) is 20.8. The molecule has 0 radical (unpaired) electrons. The van der Waals surface area contributed by atoms with Crippen molar-refractivity contribution in [2.24, 2.45) is 11.1 Å². The maximum Gasteiger partial charge on any atom is 0.410 e. The molecule has 2 heterocycles. The molecule has 44 heavy (non-hydrogen) atoms. The first-order valence-electron chi connectivity index (χ1n) is 15.2. The largest absolute Gasteiger partial charge is 0.480 e. The topological polar surface area (TPSA) is 81.9 Å². The monoisotopic (exact) mass is 620 g/mol. The van der Waals surface area contributed by atoms with E-state index in [-0.39, 0.29) is 39.3 Å². The summed E-state index contributed by atoms with van der Waals surface area (Å²) in [6, 6.07) is 11.9. The van der Waals surface area contributed by atoms with Crippen LogP contribution in [0, 0.1) is 17.0 Å². The van der Waals surface area contributed by atoms with Crippen LogP contribution in [-0.4, -0.2) is 35.1 Å². The lowest BCUT2D eigenvalue weighted by Gasteiger charge is -2.40. The van der Waals surface area contributed by atoms with Crippen LogP contribution in [0.3, 0.4) is 0 Å². The molecular formula is C35H35ClF2N2O4. The number of carbonyl (C=O) groups excluding carboxylic acids is 2. The van der Waals surface area contributed by atoms with Gasteiger partial charge in [0.25, 0.3) is 0 Å². The number of nitrogens with zero attached hydrogens (tertiary/aromatic N) is 1. The molecule has 2 aliphatic carbocycles. The maximum absolute atomic E-state index is 16.7.